The molecular weight excluding hydrogens is 344 g/mol. The fourth-order valence-corrected chi connectivity index (χ4v) is 4.11. The van der Waals surface area contributed by atoms with E-state index >= 15 is 0 Å². The van der Waals surface area contributed by atoms with Crippen LogP contribution in [0.2, 0.25) is 18.1 Å². The van der Waals surface area contributed by atoms with E-state index in [0.717, 1.165) is 11.1 Å². The third kappa shape index (κ3) is 5.51. The average Bonchev–Trinajstić information content (AvgIpc) is 2.56. The number of hydrogen-bond acceptors (Lipinski definition) is 4. The minimum absolute atomic E-state index is 0.0538. The zero-order valence-corrected chi connectivity index (χ0v) is 17.8. The van der Waals surface area contributed by atoms with Crippen LogP contribution in [0.5, 0.6) is 0 Å². The van der Waals surface area contributed by atoms with Crippen molar-refractivity contribution in [3.8, 4) is 0 Å². The smallest absolute Gasteiger partial charge is 0.192 e. The maximum atomic E-state index is 9.81. The van der Waals surface area contributed by atoms with E-state index < -0.39 is 8.32 Å². The molecule has 0 spiro atoms. The van der Waals surface area contributed by atoms with Crippen molar-refractivity contribution in [2.75, 3.05) is 13.2 Å². The second-order valence-corrected chi connectivity index (χ2v) is 13.4. The molecule has 146 valence electrons. The highest BCUT2D eigenvalue weighted by Gasteiger charge is 2.43. The van der Waals surface area contributed by atoms with Crippen molar-refractivity contribution in [2.45, 2.75) is 70.2 Å². The second-order valence-electron chi connectivity index (χ2n) is 8.63. The SMILES string of the molecule is C=C1C[C@H](O[Si](C)(C)C(C)(C)C)[C@@H](CO)O[C@H]1COCc1ccccc1. The molecule has 1 aromatic carbocycles. The number of aliphatic hydroxyl groups is 1. The Kier molecular flexibility index (Phi) is 7.22. The van der Waals surface area contributed by atoms with Crippen molar-refractivity contribution >= 4 is 8.32 Å². The first kappa shape index (κ1) is 21.3. The molecule has 0 radical (unpaired) electrons. The molecule has 0 saturated carbocycles. The predicted molar refractivity (Wildman–Crippen MR) is 108 cm³/mol. The van der Waals surface area contributed by atoms with Crippen LogP contribution >= 0.6 is 0 Å². The molecule has 0 unspecified atom stereocenters. The van der Waals surface area contributed by atoms with E-state index in [1.54, 1.807) is 0 Å². The van der Waals surface area contributed by atoms with Crippen LogP contribution in [0, 0.1) is 0 Å². The third-order valence-corrected chi connectivity index (χ3v) is 9.99. The Morgan fingerprint density at radius 2 is 1.88 bits per heavy atom. The molecule has 0 amide bonds. The zero-order chi connectivity index (χ0) is 19.4. The molecule has 0 bridgehead atoms. The van der Waals surface area contributed by atoms with Gasteiger partial charge in [-0.15, -0.1) is 0 Å². The van der Waals surface area contributed by atoms with Crippen LogP contribution in [0.4, 0.5) is 0 Å². The van der Waals surface area contributed by atoms with Crippen LogP contribution in [0.15, 0.2) is 42.5 Å². The molecule has 4 nitrogen and oxygen atoms in total. The summed E-state index contributed by atoms with van der Waals surface area (Å²) in [6.45, 7) is 16.2. The molecule has 5 heteroatoms. The maximum Gasteiger partial charge on any atom is 0.192 e. The van der Waals surface area contributed by atoms with Gasteiger partial charge in [-0.3, -0.25) is 0 Å². The Hall–Kier alpha value is -0.983. The van der Waals surface area contributed by atoms with Gasteiger partial charge in [0, 0.05) is 0 Å². The van der Waals surface area contributed by atoms with Crippen LogP contribution in [0.25, 0.3) is 0 Å². The molecule has 3 atom stereocenters. The van der Waals surface area contributed by atoms with E-state index in [9.17, 15) is 5.11 Å². The zero-order valence-electron chi connectivity index (χ0n) is 16.8. The van der Waals surface area contributed by atoms with Crippen LogP contribution in [0.1, 0.15) is 32.8 Å². The average molecular weight is 379 g/mol. The van der Waals surface area contributed by atoms with Crippen LogP contribution < -0.4 is 0 Å². The van der Waals surface area contributed by atoms with Gasteiger partial charge in [0.1, 0.15) is 12.2 Å². The Balaban J connectivity index is 1.92. The van der Waals surface area contributed by atoms with Crippen molar-refractivity contribution in [3.63, 3.8) is 0 Å². The van der Waals surface area contributed by atoms with E-state index in [-0.39, 0.29) is 30.0 Å². The summed E-state index contributed by atoms with van der Waals surface area (Å²) in [7, 11) is -1.93. The molecule has 0 aliphatic carbocycles. The minimum atomic E-state index is -1.93. The van der Waals surface area contributed by atoms with E-state index in [1.807, 2.05) is 30.3 Å². The molecule has 1 heterocycles. The molecule has 1 aliphatic heterocycles. The molecule has 1 aliphatic rings. The van der Waals surface area contributed by atoms with Gasteiger partial charge in [-0.1, -0.05) is 57.7 Å². The lowest BCUT2D eigenvalue weighted by molar-refractivity contribution is -0.124. The number of benzene rings is 1. The molecular formula is C21H34O4Si. The number of ether oxygens (including phenoxy) is 2. The standard InChI is InChI=1S/C21H34O4Si/c1-16-12-18(25-26(5,6)21(2,3)4)19(13-22)24-20(16)15-23-14-17-10-8-7-9-11-17/h7-11,18-20,22H,1,12-15H2,2-6H3/t18-,19+,20-/m0/s1. The molecule has 1 saturated heterocycles. The Morgan fingerprint density at radius 3 is 2.46 bits per heavy atom. The summed E-state index contributed by atoms with van der Waals surface area (Å²) < 4.78 is 18.4. The van der Waals surface area contributed by atoms with Gasteiger partial charge < -0.3 is 19.0 Å². The number of hydrogen-bond donors (Lipinski definition) is 1. The molecule has 2 rings (SSSR count). The van der Waals surface area contributed by atoms with E-state index in [2.05, 4.69) is 40.4 Å². The highest BCUT2D eigenvalue weighted by Crippen LogP contribution is 2.39. The fourth-order valence-electron chi connectivity index (χ4n) is 2.76. The van der Waals surface area contributed by atoms with E-state index in [0.29, 0.717) is 19.6 Å². The fraction of sp³-hybridized carbons (Fsp3) is 0.619. The molecule has 1 aromatic rings. The summed E-state index contributed by atoms with van der Waals surface area (Å²) in [4.78, 5) is 0. The first-order valence-electron chi connectivity index (χ1n) is 9.37. The third-order valence-electron chi connectivity index (χ3n) is 5.49. The van der Waals surface area contributed by atoms with Crippen LogP contribution in [-0.2, 0) is 20.5 Å². The first-order chi connectivity index (χ1) is 12.1. The lowest BCUT2D eigenvalue weighted by Gasteiger charge is -2.44. The van der Waals surface area contributed by atoms with Crippen molar-refractivity contribution in [1.29, 1.82) is 0 Å². The molecule has 26 heavy (non-hydrogen) atoms. The summed E-state index contributed by atoms with van der Waals surface area (Å²) in [5, 5.41) is 9.92. The van der Waals surface area contributed by atoms with Gasteiger partial charge in [0.25, 0.3) is 0 Å². The highest BCUT2D eigenvalue weighted by atomic mass is 28.4. The lowest BCUT2D eigenvalue weighted by atomic mass is 9.97. The van der Waals surface area contributed by atoms with Gasteiger partial charge in [-0.2, -0.15) is 0 Å². The van der Waals surface area contributed by atoms with Crippen molar-refractivity contribution in [1.82, 2.24) is 0 Å². The highest BCUT2D eigenvalue weighted by molar-refractivity contribution is 6.74. The van der Waals surface area contributed by atoms with Gasteiger partial charge in [-0.25, -0.2) is 0 Å². The summed E-state index contributed by atoms with van der Waals surface area (Å²) >= 11 is 0. The monoisotopic (exact) mass is 378 g/mol. The summed E-state index contributed by atoms with van der Waals surface area (Å²) in [6.07, 6.45) is 0.0331. The summed E-state index contributed by atoms with van der Waals surface area (Å²) in [6, 6.07) is 10.1. The number of aliphatic hydroxyl groups excluding tert-OH is 1. The van der Waals surface area contributed by atoms with Gasteiger partial charge in [0.2, 0.25) is 0 Å². The minimum Gasteiger partial charge on any atom is -0.411 e. The van der Waals surface area contributed by atoms with Crippen LogP contribution in [-0.4, -0.2) is 44.9 Å². The van der Waals surface area contributed by atoms with E-state index in [1.165, 1.54) is 0 Å². The first-order valence-corrected chi connectivity index (χ1v) is 12.3. The van der Waals surface area contributed by atoms with Gasteiger partial charge in [-0.05, 0) is 35.7 Å². The molecule has 1 fully saturated rings. The number of rotatable bonds is 7. The largest absolute Gasteiger partial charge is 0.411 e. The van der Waals surface area contributed by atoms with E-state index in [4.69, 9.17) is 13.9 Å². The van der Waals surface area contributed by atoms with Crippen molar-refractivity contribution in [2.24, 2.45) is 0 Å². The molecule has 0 aromatic heterocycles. The lowest BCUT2D eigenvalue weighted by Crippen LogP contribution is -2.52. The Labute approximate surface area is 159 Å². The maximum absolute atomic E-state index is 9.81. The summed E-state index contributed by atoms with van der Waals surface area (Å²) in [5.41, 5.74) is 2.11. The van der Waals surface area contributed by atoms with Gasteiger partial charge >= 0.3 is 0 Å². The summed E-state index contributed by atoms with van der Waals surface area (Å²) in [5.74, 6) is 0. The van der Waals surface area contributed by atoms with Crippen molar-refractivity contribution in [3.05, 3.63) is 48.0 Å². The topological polar surface area (TPSA) is 47.9 Å². The quantitative estimate of drug-likeness (QED) is 0.568. The van der Waals surface area contributed by atoms with Gasteiger partial charge in [0.15, 0.2) is 8.32 Å². The second kappa shape index (κ2) is 8.80. The van der Waals surface area contributed by atoms with Crippen molar-refractivity contribution < 1.29 is 19.0 Å². The normalized spacial score (nSPS) is 24.7. The van der Waals surface area contributed by atoms with Crippen LogP contribution in [0.3, 0.4) is 0 Å². The molecule has 1 N–H and O–H groups in total. The Bertz CT molecular complexity index is 579. The van der Waals surface area contributed by atoms with Gasteiger partial charge in [0.05, 0.1) is 25.9 Å². The predicted octanol–water partition coefficient (Wildman–Crippen LogP) is 4.30. The Morgan fingerprint density at radius 1 is 1.23 bits per heavy atom.